The molecule has 0 aromatic heterocycles. The van der Waals surface area contributed by atoms with Gasteiger partial charge < -0.3 is 4.90 Å². The molecule has 266 valence electrons. The lowest BCUT2D eigenvalue weighted by atomic mass is 9.82. The Morgan fingerprint density at radius 3 is 1.55 bits per heavy atom. The summed E-state index contributed by atoms with van der Waals surface area (Å²) in [6.07, 6.45) is 0. The van der Waals surface area contributed by atoms with E-state index >= 15 is 0 Å². The zero-order valence-electron chi connectivity index (χ0n) is 31.7. The van der Waals surface area contributed by atoms with Crippen molar-refractivity contribution in [3.8, 4) is 55.6 Å². The monoisotopic (exact) mass is 715 g/mol. The second-order valence-corrected chi connectivity index (χ2v) is 15.3. The Hall–Kier alpha value is -6.96. The first-order chi connectivity index (χ1) is 27.5. The Morgan fingerprint density at radius 2 is 0.804 bits per heavy atom. The van der Waals surface area contributed by atoms with Crippen molar-refractivity contribution in [3.63, 3.8) is 0 Å². The zero-order valence-corrected chi connectivity index (χ0v) is 31.7. The van der Waals surface area contributed by atoms with Gasteiger partial charge in [-0.15, -0.1) is 0 Å². The molecule has 0 heterocycles. The molecule has 56 heavy (non-hydrogen) atoms. The Kier molecular flexibility index (Phi) is 8.23. The van der Waals surface area contributed by atoms with Crippen LogP contribution in [0.4, 0.5) is 17.1 Å². The first kappa shape index (κ1) is 33.6. The highest BCUT2D eigenvalue weighted by atomic mass is 15.1. The van der Waals surface area contributed by atoms with Gasteiger partial charge in [-0.05, 0) is 114 Å². The van der Waals surface area contributed by atoms with Gasteiger partial charge in [0.25, 0.3) is 0 Å². The van der Waals surface area contributed by atoms with Crippen molar-refractivity contribution in [2.75, 3.05) is 4.90 Å². The number of hydrogen-bond acceptors (Lipinski definition) is 1. The maximum atomic E-state index is 2.38. The highest BCUT2D eigenvalue weighted by molar-refractivity contribution is 5.97. The largest absolute Gasteiger partial charge is 0.310 e. The van der Waals surface area contributed by atoms with Crippen molar-refractivity contribution < 1.29 is 0 Å². The van der Waals surface area contributed by atoms with Crippen LogP contribution in [0.5, 0.6) is 0 Å². The molecule has 0 atom stereocenters. The first-order valence-electron chi connectivity index (χ1n) is 19.5. The van der Waals surface area contributed by atoms with E-state index in [0.29, 0.717) is 0 Å². The smallest absolute Gasteiger partial charge is 0.0467 e. The fourth-order valence-electron chi connectivity index (χ4n) is 8.81. The van der Waals surface area contributed by atoms with Crippen LogP contribution in [0.3, 0.4) is 0 Å². The molecule has 1 aliphatic rings. The topological polar surface area (TPSA) is 3.24 Å². The fraction of sp³-hybridized carbons (Fsp3) is 0.0545. The van der Waals surface area contributed by atoms with Crippen LogP contribution in [0, 0.1) is 0 Å². The number of fused-ring (bicyclic) bond motifs is 4. The molecule has 0 bridgehead atoms. The predicted molar refractivity (Wildman–Crippen MR) is 238 cm³/mol. The average Bonchev–Trinajstić information content (AvgIpc) is 3.50. The second-order valence-electron chi connectivity index (χ2n) is 15.3. The molecule has 0 saturated carbocycles. The van der Waals surface area contributed by atoms with Gasteiger partial charge >= 0.3 is 0 Å². The molecular formula is C55H41N. The summed E-state index contributed by atoms with van der Waals surface area (Å²) in [7, 11) is 0. The van der Waals surface area contributed by atoms with Gasteiger partial charge in [0.1, 0.15) is 0 Å². The Labute approximate surface area is 329 Å². The van der Waals surface area contributed by atoms with E-state index in [1.807, 2.05) is 0 Å². The summed E-state index contributed by atoms with van der Waals surface area (Å²) in [5, 5.41) is 2.51. The van der Waals surface area contributed by atoms with Gasteiger partial charge in [0, 0.05) is 22.5 Å². The first-order valence-corrected chi connectivity index (χ1v) is 19.5. The fourth-order valence-corrected chi connectivity index (χ4v) is 8.81. The third-order valence-corrected chi connectivity index (χ3v) is 11.7. The van der Waals surface area contributed by atoms with Crippen molar-refractivity contribution >= 4 is 27.8 Å². The van der Waals surface area contributed by atoms with Crippen molar-refractivity contribution in [2.24, 2.45) is 0 Å². The molecule has 10 rings (SSSR count). The summed E-state index contributed by atoms with van der Waals surface area (Å²) in [6.45, 7) is 4.69. The molecule has 0 unspecified atom stereocenters. The molecule has 0 spiro atoms. The van der Waals surface area contributed by atoms with Crippen LogP contribution in [-0.4, -0.2) is 0 Å². The molecule has 0 amide bonds. The number of benzene rings is 9. The summed E-state index contributed by atoms with van der Waals surface area (Å²) in [5.74, 6) is 0. The lowest BCUT2D eigenvalue weighted by Gasteiger charge is -2.27. The quantitative estimate of drug-likeness (QED) is 0.159. The lowest BCUT2D eigenvalue weighted by molar-refractivity contribution is 0.660. The van der Waals surface area contributed by atoms with E-state index in [9.17, 15) is 0 Å². The molecule has 0 radical (unpaired) electrons. The number of rotatable bonds is 7. The van der Waals surface area contributed by atoms with Gasteiger partial charge in [-0.2, -0.15) is 0 Å². The van der Waals surface area contributed by atoms with E-state index in [2.05, 4.69) is 231 Å². The Balaban J connectivity index is 1.06. The van der Waals surface area contributed by atoms with E-state index in [0.717, 1.165) is 17.1 Å². The molecule has 1 aliphatic carbocycles. The van der Waals surface area contributed by atoms with Crippen LogP contribution in [0.15, 0.2) is 212 Å². The molecule has 1 nitrogen and oxygen atoms in total. The molecule has 0 aliphatic heterocycles. The highest BCUT2D eigenvalue weighted by Gasteiger charge is 2.36. The maximum Gasteiger partial charge on any atom is 0.0467 e. The van der Waals surface area contributed by atoms with E-state index in [4.69, 9.17) is 0 Å². The maximum absolute atomic E-state index is 2.38. The minimum absolute atomic E-state index is 0.0379. The van der Waals surface area contributed by atoms with Gasteiger partial charge in [0.2, 0.25) is 0 Å². The van der Waals surface area contributed by atoms with Crippen molar-refractivity contribution in [1.29, 1.82) is 0 Å². The van der Waals surface area contributed by atoms with E-state index in [-0.39, 0.29) is 5.41 Å². The minimum atomic E-state index is -0.0379. The Morgan fingerprint density at radius 1 is 0.321 bits per heavy atom. The average molecular weight is 716 g/mol. The lowest BCUT2D eigenvalue weighted by Crippen LogP contribution is -2.14. The SMILES string of the molecule is CC1(C)c2ccccc2-c2c(-c3ccc(N(c4ccc(-c5cccc6ccccc56)cc4)c4cccc(-c5ccc(-c6ccccc6)cc5)c4)cc3)cccc21. The normalized spacial score (nSPS) is 12.6. The number of hydrogen-bond donors (Lipinski definition) is 0. The van der Waals surface area contributed by atoms with Gasteiger partial charge in [-0.25, -0.2) is 0 Å². The molecule has 1 heteroatoms. The molecule has 0 saturated heterocycles. The van der Waals surface area contributed by atoms with Gasteiger partial charge in [0.15, 0.2) is 0 Å². The van der Waals surface area contributed by atoms with E-state index in [1.54, 1.807) is 0 Å². The van der Waals surface area contributed by atoms with Gasteiger partial charge in [-0.1, -0.05) is 190 Å². The zero-order chi connectivity index (χ0) is 37.6. The van der Waals surface area contributed by atoms with Crippen LogP contribution in [-0.2, 0) is 5.41 Å². The molecule has 0 N–H and O–H groups in total. The van der Waals surface area contributed by atoms with Gasteiger partial charge in [-0.3, -0.25) is 0 Å². The molecule has 9 aromatic carbocycles. The van der Waals surface area contributed by atoms with Crippen LogP contribution in [0.25, 0.3) is 66.4 Å². The Bertz CT molecular complexity index is 2840. The number of anilines is 3. The van der Waals surface area contributed by atoms with E-state index in [1.165, 1.54) is 77.5 Å². The third kappa shape index (κ3) is 5.81. The predicted octanol–water partition coefficient (Wildman–Crippen LogP) is 15.3. The summed E-state index contributed by atoms with van der Waals surface area (Å²) < 4.78 is 0. The van der Waals surface area contributed by atoms with Gasteiger partial charge in [0.05, 0.1) is 0 Å². The van der Waals surface area contributed by atoms with E-state index < -0.39 is 0 Å². The van der Waals surface area contributed by atoms with Crippen molar-refractivity contribution in [3.05, 3.63) is 223 Å². The summed E-state index contributed by atoms with van der Waals surface area (Å²) >= 11 is 0. The van der Waals surface area contributed by atoms with Crippen molar-refractivity contribution in [1.82, 2.24) is 0 Å². The summed E-state index contributed by atoms with van der Waals surface area (Å²) in [4.78, 5) is 2.38. The van der Waals surface area contributed by atoms with Crippen LogP contribution >= 0.6 is 0 Å². The highest BCUT2D eigenvalue weighted by Crippen LogP contribution is 2.52. The van der Waals surface area contributed by atoms with Crippen molar-refractivity contribution in [2.45, 2.75) is 19.3 Å². The number of nitrogens with zero attached hydrogens (tertiary/aromatic N) is 1. The minimum Gasteiger partial charge on any atom is -0.310 e. The summed E-state index contributed by atoms with van der Waals surface area (Å²) in [6, 6.07) is 77.5. The summed E-state index contributed by atoms with van der Waals surface area (Å²) in [5.41, 5.74) is 18.5. The second kappa shape index (κ2) is 13.7. The van der Waals surface area contributed by atoms with Crippen LogP contribution < -0.4 is 4.90 Å². The molecule has 0 fully saturated rings. The molecular weight excluding hydrogens is 675 g/mol. The van der Waals surface area contributed by atoms with Crippen LogP contribution in [0.1, 0.15) is 25.0 Å². The molecule has 9 aromatic rings. The standard InChI is InChI=1S/C55H41N/c1-55(2)52-23-9-8-20-51(52)54-50(22-12-24-53(54)55)43-31-35-46(36-32-43)56(45-33-29-42(30-34-45)49-21-11-16-41-15-6-7-19-48(41)49)47-18-10-17-44(37-47)40-27-25-39(26-28-40)38-13-4-3-5-14-38/h3-37H,1-2H3. The van der Waals surface area contributed by atoms with Crippen LogP contribution in [0.2, 0.25) is 0 Å². The third-order valence-electron chi connectivity index (χ3n) is 11.7.